The summed E-state index contributed by atoms with van der Waals surface area (Å²) in [6.45, 7) is 0.442. The van der Waals surface area contributed by atoms with E-state index in [1.165, 1.54) is 0 Å². The van der Waals surface area contributed by atoms with E-state index in [1.54, 1.807) is 18.2 Å². The number of benzene rings is 1. The fraction of sp³-hybridized carbons (Fsp3) is 0.231. The minimum absolute atomic E-state index is 0.0359. The number of carbonyl (C=O) groups excluding carboxylic acids is 1. The lowest BCUT2D eigenvalue weighted by Gasteiger charge is -2.04. The van der Waals surface area contributed by atoms with E-state index in [1.807, 2.05) is 12.1 Å². The van der Waals surface area contributed by atoms with Gasteiger partial charge in [-0.3, -0.25) is 9.59 Å². The molecule has 4 nitrogen and oxygen atoms in total. The third kappa shape index (κ3) is 2.75. The molecule has 5 heteroatoms. The van der Waals surface area contributed by atoms with Gasteiger partial charge in [-0.2, -0.15) is 0 Å². The summed E-state index contributed by atoms with van der Waals surface area (Å²) in [5, 5.41) is 12.7. The van der Waals surface area contributed by atoms with Crippen LogP contribution in [0.25, 0.3) is 10.8 Å². The van der Waals surface area contributed by atoms with Crippen LogP contribution in [0.4, 0.5) is 0 Å². The van der Waals surface area contributed by atoms with Gasteiger partial charge in [0.1, 0.15) is 0 Å². The predicted octanol–water partition coefficient (Wildman–Crippen LogP) is 1.37. The minimum atomic E-state index is -0.267. The van der Waals surface area contributed by atoms with Crippen molar-refractivity contribution < 1.29 is 9.90 Å². The average molecular weight is 263 g/mol. The van der Waals surface area contributed by atoms with Crippen LogP contribution in [-0.4, -0.2) is 24.2 Å². The van der Waals surface area contributed by atoms with Gasteiger partial charge in [0.2, 0.25) is 4.74 Å². The summed E-state index contributed by atoms with van der Waals surface area (Å²) in [5.41, 5.74) is 0. The topological polar surface area (TPSA) is 66.4 Å². The molecule has 94 valence electrons. The maximum absolute atomic E-state index is 11.8. The van der Waals surface area contributed by atoms with Gasteiger partial charge in [-0.25, -0.2) is 0 Å². The van der Waals surface area contributed by atoms with Crippen molar-refractivity contribution in [3.63, 3.8) is 0 Å². The van der Waals surface area contributed by atoms with Gasteiger partial charge in [0, 0.05) is 18.5 Å². The number of nitrogens with one attached hydrogen (secondary N) is 1. The van der Waals surface area contributed by atoms with Crippen molar-refractivity contribution in [3.05, 3.63) is 44.7 Å². The Balaban J connectivity index is 2.29. The molecule has 0 unspecified atom stereocenters. The summed E-state index contributed by atoms with van der Waals surface area (Å²) in [6.07, 6.45) is 0.508. The molecule has 0 aliphatic rings. The number of aliphatic hydroxyl groups excluding tert-OH is 1. The first-order valence-electron chi connectivity index (χ1n) is 5.64. The molecule has 2 rings (SSSR count). The lowest BCUT2D eigenvalue weighted by atomic mass is 10.2. The predicted molar refractivity (Wildman–Crippen MR) is 72.1 cm³/mol. The Hall–Kier alpha value is -1.72. The van der Waals surface area contributed by atoms with Crippen molar-refractivity contribution >= 4 is 28.0 Å². The van der Waals surface area contributed by atoms with Crippen LogP contribution in [-0.2, 0) is 0 Å². The van der Waals surface area contributed by atoms with Gasteiger partial charge in [0.05, 0.1) is 4.88 Å². The zero-order valence-corrected chi connectivity index (χ0v) is 10.5. The maximum Gasteiger partial charge on any atom is 0.261 e. The Kier molecular flexibility index (Phi) is 4.07. The van der Waals surface area contributed by atoms with E-state index < -0.39 is 0 Å². The number of amides is 1. The van der Waals surface area contributed by atoms with Crippen LogP contribution >= 0.6 is 11.3 Å². The van der Waals surface area contributed by atoms with Gasteiger partial charge >= 0.3 is 0 Å². The van der Waals surface area contributed by atoms with Gasteiger partial charge in [-0.1, -0.05) is 29.5 Å². The Bertz CT molecular complexity index is 621. The first kappa shape index (κ1) is 12.7. The van der Waals surface area contributed by atoms with Crippen molar-refractivity contribution in [2.24, 2.45) is 0 Å². The van der Waals surface area contributed by atoms with Crippen molar-refractivity contribution in [1.82, 2.24) is 5.32 Å². The monoisotopic (exact) mass is 263 g/mol. The highest BCUT2D eigenvalue weighted by Crippen LogP contribution is 2.14. The summed E-state index contributed by atoms with van der Waals surface area (Å²) in [6, 6.07) is 8.92. The van der Waals surface area contributed by atoms with Crippen molar-refractivity contribution in [2.75, 3.05) is 13.2 Å². The zero-order chi connectivity index (χ0) is 13.0. The third-order valence-electron chi connectivity index (χ3n) is 2.51. The highest BCUT2D eigenvalue weighted by atomic mass is 32.1. The standard InChI is InChI=1S/C13H13NO3S/c15-7-3-6-14-12(16)11-8-9-4-1-2-5-10(9)13(17)18-11/h1-2,4-5,8,15H,3,6-7H2,(H,14,16). The molecule has 1 aromatic carbocycles. The summed E-state index contributed by atoms with van der Waals surface area (Å²) in [4.78, 5) is 24.0. The molecule has 0 fully saturated rings. The summed E-state index contributed by atoms with van der Waals surface area (Å²) in [5.74, 6) is -0.267. The molecule has 0 aliphatic carbocycles. The smallest absolute Gasteiger partial charge is 0.261 e. The summed E-state index contributed by atoms with van der Waals surface area (Å²) in [7, 11) is 0. The van der Waals surface area contributed by atoms with E-state index in [-0.39, 0.29) is 17.3 Å². The molecular weight excluding hydrogens is 250 g/mol. The fourth-order valence-corrected chi connectivity index (χ4v) is 2.46. The number of aliphatic hydroxyl groups is 1. The molecular formula is C13H13NO3S. The largest absolute Gasteiger partial charge is 0.396 e. The van der Waals surface area contributed by atoms with Crippen LogP contribution in [0.1, 0.15) is 16.1 Å². The van der Waals surface area contributed by atoms with Gasteiger partial charge in [0.15, 0.2) is 0 Å². The molecule has 2 N–H and O–H groups in total. The highest BCUT2D eigenvalue weighted by molar-refractivity contribution is 7.12. The van der Waals surface area contributed by atoms with E-state index in [2.05, 4.69) is 5.32 Å². The van der Waals surface area contributed by atoms with Crippen LogP contribution in [0.5, 0.6) is 0 Å². The highest BCUT2D eigenvalue weighted by Gasteiger charge is 2.09. The van der Waals surface area contributed by atoms with Crippen LogP contribution in [0.3, 0.4) is 0 Å². The van der Waals surface area contributed by atoms with E-state index in [0.29, 0.717) is 23.2 Å². The second kappa shape index (κ2) is 5.75. The molecule has 0 radical (unpaired) electrons. The molecule has 1 aromatic heterocycles. The van der Waals surface area contributed by atoms with E-state index >= 15 is 0 Å². The van der Waals surface area contributed by atoms with Crippen molar-refractivity contribution in [2.45, 2.75) is 6.42 Å². The second-order valence-electron chi connectivity index (χ2n) is 3.82. The lowest BCUT2D eigenvalue weighted by molar-refractivity contribution is 0.0955. The normalized spacial score (nSPS) is 10.5. The first-order chi connectivity index (χ1) is 8.72. The number of rotatable bonds is 4. The second-order valence-corrected chi connectivity index (χ2v) is 4.83. The van der Waals surface area contributed by atoms with E-state index in [0.717, 1.165) is 16.7 Å². The van der Waals surface area contributed by atoms with Gasteiger partial charge in [0.25, 0.3) is 5.91 Å². The van der Waals surface area contributed by atoms with Crippen LogP contribution < -0.4 is 10.1 Å². The lowest BCUT2D eigenvalue weighted by Crippen LogP contribution is -2.25. The Morgan fingerprint density at radius 2 is 2.11 bits per heavy atom. The first-order valence-corrected chi connectivity index (χ1v) is 6.46. The SMILES string of the molecule is O=C(NCCCO)c1cc2ccccc2c(=O)s1. The molecule has 1 heterocycles. The number of fused-ring (bicyclic) bond motifs is 1. The molecule has 2 aromatic rings. The molecule has 0 atom stereocenters. The summed E-state index contributed by atoms with van der Waals surface area (Å²) < 4.78 is -0.111. The third-order valence-corrected chi connectivity index (χ3v) is 3.44. The number of hydrogen-bond acceptors (Lipinski definition) is 4. The van der Waals surface area contributed by atoms with Gasteiger partial charge in [-0.05, 0) is 23.9 Å². The van der Waals surface area contributed by atoms with Crippen LogP contribution in [0, 0.1) is 0 Å². The maximum atomic E-state index is 11.8. The quantitative estimate of drug-likeness (QED) is 0.819. The number of carbonyl (C=O) groups is 1. The molecule has 0 aliphatic heterocycles. The van der Waals surface area contributed by atoms with Crippen LogP contribution in [0.2, 0.25) is 0 Å². The van der Waals surface area contributed by atoms with E-state index in [4.69, 9.17) is 5.11 Å². The Morgan fingerprint density at radius 3 is 2.89 bits per heavy atom. The molecule has 0 bridgehead atoms. The minimum Gasteiger partial charge on any atom is -0.396 e. The average Bonchev–Trinajstić information content (AvgIpc) is 2.39. The van der Waals surface area contributed by atoms with Crippen molar-refractivity contribution in [1.29, 1.82) is 0 Å². The Morgan fingerprint density at radius 1 is 1.33 bits per heavy atom. The summed E-state index contributed by atoms with van der Waals surface area (Å²) >= 11 is 0.943. The number of hydrogen-bond donors (Lipinski definition) is 2. The fourth-order valence-electron chi connectivity index (χ4n) is 1.61. The molecule has 1 amide bonds. The molecule has 0 spiro atoms. The van der Waals surface area contributed by atoms with Gasteiger partial charge < -0.3 is 10.4 Å². The van der Waals surface area contributed by atoms with E-state index in [9.17, 15) is 9.59 Å². The molecule has 0 saturated heterocycles. The molecule has 0 saturated carbocycles. The molecule has 18 heavy (non-hydrogen) atoms. The van der Waals surface area contributed by atoms with Gasteiger partial charge in [-0.15, -0.1) is 0 Å². The van der Waals surface area contributed by atoms with Crippen molar-refractivity contribution in [3.8, 4) is 0 Å². The zero-order valence-electron chi connectivity index (χ0n) is 9.68. The van der Waals surface area contributed by atoms with Crippen LogP contribution in [0.15, 0.2) is 35.1 Å². The Labute approximate surface area is 108 Å².